The van der Waals surface area contributed by atoms with Gasteiger partial charge in [-0.05, 0) is 43.5 Å². The summed E-state index contributed by atoms with van der Waals surface area (Å²) in [7, 11) is 0. The third-order valence-corrected chi connectivity index (χ3v) is 3.60. The Balaban J connectivity index is 2.19. The minimum absolute atomic E-state index is 0.167. The molecule has 0 heterocycles. The average molecular weight is 358 g/mol. The molecule has 0 spiro atoms. The number of halogens is 2. The van der Waals surface area contributed by atoms with Crippen LogP contribution in [-0.2, 0) is 14.3 Å². The van der Waals surface area contributed by atoms with E-state index in [-0.39, 0.29) is 11.9 Å². The molecule has 1 amide bonds. The Kier molecular flexibility index (Phi) is 9.41. The van der Waals surface area contributed by atoms with E-state index in [0.29, 0.717) is 29.6 Å². The number of esters is 1. The van der Waals surface area contributed by atoms with Crippen molar-refractivity contribution in [3.63, 3.8) is 0 Å². The molecule has 0 saturated heterocycles. The van der Waals surface area contributed by atoms with Gasteiger partial charge in [0.25, 0.3) is 0 Å². The lowest BCUT2D eigenvalue weighted by atomic mass is 10.2. The fourth-order valence-electron chi connectivity index (χ4n) is 1.88. The maximum Gasteiger partial charge on any atom is 0.305 e. The smallest absolute Gasteiger partial charge is 0.305 e. The number of ether oxygens (including phenoxy) is 1. The fourth-order valence-corrected chi connectivity index (χ4v) is 2.35. The summed E-state index contributed by atoms with van der Waals surface area (Å²) in [6.45, 7) is 2.78. The average Bonchev–Trinajstić information content (AvgIpc) is 2.50. The van der Waals surface area contributed by atoms with Crippen molar-refractivity contribution >= 4 is 41.2 Å². The standard InChI is InChI=1S/C17H21Cl2NO3/c1-2-23-17(22)6-4-3-5-11-20-16(21)10-8-13-7-9-14(18)12-15(13)19/h7-10,12H,2-6,11H2,1H3,(H,20,21)/b10-8+. The first-order chi connectivity index (χ1) is 11.0. The molecule has 0 unspecified atom stereocenters. The van der Waals surface area contributed by atoms with Gasteiger partial charge in [0, 0.05) is 29.1 Å². The molecule has 126 valence electrons. The van der Waals surface area contributed by atoms with Crippen LogP contribution in [0.4, 0.5) is 0 Å². The molecule has 0 aliphatic heterocycles. The van der Waals surface area contributed by atoms with E-state index in [0.717, 1.165) is 24.8 Å². The zero-order chi connectivity index (χ0) is 17.1. The van der Waals surface area contributed by atoms with Crippen LogP contribution in [0.1, 0.15) is 38.2 Å². The highest BCUT2D eigenvalue weighted by molar-refractivity contribution is 6.35. The first kappa shape index (κ1) is 19.5. The fraction of sp³-hybridized carbons (Fsp3) is 0.412. The molecule has 1 N–H and O–H groups in total. The van der Waals surface area contributed by atoms with Crippen LogP contribution in [0.3, 0.4) is 0 Å². The van der Waals surface area contributed by atoms with Crippen molar-refractivity contribution < 1.29 is 14.3 Å². The number of hydrogen-bond donors (Lipinski definition) is 1. The van der Waals surface area contributed by atoms with Crippen molar-refractivity contribution in [3.8, 4) is 0 Å². The van der Waals surface area contributed by atoms with Crippen molar-refractivity contribution in [1.82, 2.24) is 5.32 Å². The molecular weight excluding hydrogens is 337 g/mol. The molecule has 1 aromatic carbocycles. The van der Waals surface area contributed by atoms with Gasteiger partial charge in [-0.1, -0.05) is 35.7 Å². The SMILES string of the molecule is CCOC(=O)CCCCCNC(=O)/C=C/c1ccc(Cl)cc1Cl. The molecule has 1 aromatic rings. The summed E-state index contributed by atoms with van der Waals surface area (Å²) in [6.07, 6.45) is 5.97. The highest BCUT2D eigenvalue weighted by Gasteiger charge is 2.02. The largest absolute Gasteiger partial charge is 0.466 e. The quantitative estimate of drug-likeness (QED) is 0.408. The van der Waals surface area contributed by atoms with Gasteiger partial charge in [0.05, 0.1) is 6.61 Å². The lowest BCUT2D eigenvalue weighted by Crippen LogP contribution is -2.22. The molecule has 0 radical (unpaired) electrons. The van der Waals surface area contributed by atoms with Gasteiger partial charge in [0.15, 0.2) is 0 Å². The number of nitrogens with one attached hydrogen (secondary N) is 1. The first-order valence-corrected chi connectivity index (χ1v) is 8.35. The Bertz CT molecular complexity index is 559. The van der Waals surface area contributed by atoms with E-state index in [9.17, 15) is 9.59 Å². The summed E-state index contributed by atoms with van der Waals surface area (Å²) in [6, 6.07) is 5.10. The van der Waals surface area contributed by atoms with Crippen molar-refractivity contribution in [1.29, 1.82) is 0 Å². The van der Waals surface area contributed by atoms with Gasteiger partial charge in [-0.15, -0.1) is 0 Å². The molecule has 0 aliphatic carbocycles. The van der Waals surface area contributed by atoms with Gasteiger partial charge < -0.3 is 10.1 Å². The van der Waals surface area contributed by atoms with Crippen molar-refractivity contribution in [2.24, 2.45) is 0 Å². The van der Waals surface area contributed by atoms with E-state index >= 15 is 0 Å². The second kappa shape index (κ2) is 11.1. The lowest BCUT2D eigenvalue weighted by molar-refractivity contribution is -0.143. The monoisotopic (exact) mass is 357 g/mol. The van der Waals surface area contributed by atoms with Crippen LogP contribution in [0.5, 0.6) is 0 Å². The number of hydrogen-bond acceptors (Lipinski definition) is 3. The van der Waals surface area contributed by atoms with E-state index in [1.165, 1.54) is 6.08 Å². The second-order valence-electron chi connectivity index (χ2n) is 4.91. The van der Waals surface area contributed by atoms with E-state index < -0.39 is 0 Å². The molecule has 0 aliphatic rings. The van der Waals surface area contributed by atoms with Crippen molar-refractivity contribution in [2.45, 2.75) is 32.6 Å². The Hall–Kier alpha value is -1.52. The maximum absolute atomic E-state index is 11.7. The lowest BCUT2D eigenvalue weighted by Gasteiger charge is -2.03. The Morgan fingerprint density at radius 2 is 2.00 bits per heavy atom. The third kappa shape index (κ3) is 8.62. The minimum atomic E-state index is -0.179. The number of benzene rings is 1. The number of unbranched alkanes of at least 4 members (excludes halogenated alkanes) is 2. The van der Waals surface area contributed by atoms with E-state index in [2.05, 4.69) is 5.32 Å². The minimum Gasteiger partial charge on any atom is -0.466 e. The topological polar surface area (TPSA) is 55.4 Å². The summed E-state index contributed by atoms with van der Waals surface area (Å²) < 4.78 is 4.84. The summed E-state index contributed by atoms with van der Waals surface area (Å²) in [4.78, 5) is 22.8. The number of amides is 1. The van der Waals surface area contributed by atoms with Gasteiger partial charge in [-0.3, -0.25) is 9.59 Å². The molecule has 23 heavy (non-hydrogen) atoms. The van der Waals surface area contributed by atoms with Crippen LogP contribution in [0, 0.1) is 0 Å². The predicted octanol–water partition coefficient (Wildman–Crippen LogP) is 4.25. The van der Waals surface area contributed by atoms with Crippen LogP contribution < -0.4 is 5.32 Å². The van der Waals surface area contributed by atoms with E-state index in [4.69, 9.17) is 27.9 Å². The molecule has 0 aromatic heterocycles. The zero-order valence-corrected chi connectivity index (χ0v) is 14.6. The van der Waals surface area contributed by atoms with Crippen LogP contribution in [0.2, 0.25) is 10.0 Å². The highest BCUT2D eigenvalue weighted by atomic mass is 35.5. The van der Waals surface area contributed by atoms with Gasteiger partial charge in [0.1, 0.15) is 0 Å². The number of carbonyl (C=O) groups excluding carboxylic acids is 2. The highest BCUT2D eigenvalue weighted by Crippen LogP contribution is 2.21. The Morgan fingerprint density at radius 1 is 1.22 bits per heavy atom. The number of rotatable bonds is 9. The second-order valence-corrected chi connectivity index (χ2v) is 5.75. The number of carbonyl (C=O) groups is 2. The van der Waals surface area contributed by atoms with Gasteiger partial charge >= 0.3 is 5.97 Å². The molecule has 4 nitrogen and oxygen atoms in total. The molecular formula is C17H21Cl2NO3. The summed E-state index contributed by atoms with van der Waals surface area (Å²) >= 11 is 11.8. The van der Waals surface area contributed by atoms with Crippen molar-refractivity contribution in [2.75, 3.05) is 13.2 Å². The first-order valence-electron chi connectivity index (χ1n) is 7.59. The van der Waals surface area contributed by atoms with Gasteiger partial charge in [-0.2, -0.15) is 0 Å². The molecule has 0 bridgehead atoms. The summed E-state index contributed by atoms with van der Waals surface area (Å²) in [5.74, 6) is -0.347. The normalized spacial score (nSPS) is 10.7. The van der Waals surface area contributed by atoms with Crippen LogP contribution in [0.15, 0.2) is 24.3 Å². The summed E-state index contributed by atoms with van der Waals surface area (Å²) in [5, 5.41) is 3.84. The molecule has 1 rings (SSSR count). The van der Waals surface area contributed by atoms with Gasteiger partial charge in [0.2, 0.25) is 5.91 Å². The molecule has 0 fully saturated rings. The molecule has 6 heteroatoms. The maximum atomic E-state index is 11.7. The third-order valence-electron chi connectivity index (χ3n) is 3.04. The van der Waals surface area contributed by atoms with E-state index in [1.807, 2.05) is 0 Å². The Labute approximate surface area is 146 Å². The summed E-state index contributed by atoms with van der Waals surface area (Å²) in [5.41, 5.74) is 0.737. The van der Waals surface area contributed by atoms with Gasteiger partial charge in [-0.25, -0.2) is 0 Å². The predicted molar refractivity (Wildman–Crippen MR) is 93.6 cm³/mol. The van der Waals surface area contributed by atoms with E-state index in [1.54, 1.807) is 31.2 Å². The van der Waals surface area contributed by atoms with Crippen LogP contribution >= 0.6 is 23.2 Å². The van der Waals surface area contributed by atoms with Crippen LogP contribution in [0.25, 0.3) is 6.08 Å². The molecule has 0 atom stereocenters. The van der Waals surface area contributed by atoms with Crippen LogP contribution in [-0.4, -0.2) is 25.0 Å². The Morgan fingerprint density at radius 3 is 2.70 bits per heavy atom. The zero-order valence-electron chi connectivity index (χ0n) is 13.1. The van der Waals surface area contributed by atoms with Crippen molar-refractivity contribution in [3.05, 3.63) is 39.9 Å². The molecule has 0 saturated carbocycles.